The van der Waals surface area contributed by atoms with Crippen molar-refractivity contribution >= 4 is 23.5 Å². The van der Waals surface area contributed by atoms with Crippen LogP contribution in [0.5, 0.6) is 0 Å². The summed E-state index contributed by atoms with van der Waals surface area (Å²) in [6.45, 7) is 3.37. The number of nitrogens with zero attached hydrogens (tertiary/aromatic N) is 4. The van der Waals surface area contributed by atoms with Gasteiger partial charge in [-0.15, -0.1) is 0 Å². The lowest BCUT2D eigenvalue weighted by Crippen LogP contribution is -2.40. The van der Waals surface area contributed by atoms with Crippen LogP contribution >= 0.6 is 0 Å². The summed E-state index contributed by atoms with van der Waals surface area (Å²) >= 11 is 0. The van der Waals surface area contributed by atoms with E-state index in [-0.39, 0.29) is 23.6 Å². The average Bonchev–Trinajstić information content (AvgIpc) is 2.73. The minimum atomic E-state index is -0.316. The molecule has 0 unspecified atom stereocenters. The van der Waals surface area contributed by atoms with Crippen LogP contribution in [-0.2, 0) is 16.1 Å². The number of carbonyl (C=O) groups excluding carboxylic acids is 1. The smallest absolute Gasteiger partial charge is 0.232 e. The van der Waals surface area contributed by atoms with Gasteiger partial charge in [0.15, 0.2) is 0 Å². The Balaban J connectivity index is 1.50. The molecule has 1 aromatic heterocycles. The van der Waals surface area contributed by atoms with Crippen molar-refractivity contribution in [1.82, 2.24) is 25.2 Å². The van der Waals surface area contributed by atoms with Gasteiger partial charge < -0.3 is 21.1 Å². The summed E-state index contributed by atoms with van der Waals surface area (Å²) in [5.74, 6) is 0.811. The Kier molecular flexibility index (Phi) is 7.86. The number of methoxy groups -OCH3 is 1. The normalized spacial score (nSPS) is 15.1. The third-order valence-corrected chi connectivity index (χ3v) is 4.95. The minimum absolute atomic E-state index is 0.0305. The fourth-order valence-corrected chi connectivity index (χ4v) is 3.35. The number of halogens is 1. The summed E-state index contributed by atoms with van der Waals surface area (Å²) in [6.07, 6.45) is 2.39. The largest absolute Gasteiger partial charge is 0.385 e. The number of benzene rings is 1. The van der Waals surface area contributed by atoms with Crippen molar-refractivity contribution in [2.75, 3.05) is 44.4 Å². The first-order valence-electron chi connectivity index (χ1n) is 10.1. The lowest BCUT2D eigenvalue weighted by molar-refractivity contribution is -0.126. The number of rotatable bonds is 9. The average molecular weight is 417 g/mol. The van der Waals surface area contributed by atoms with E-state index in [1.165, 1.54) is 12.1 Å². The number of ether oxygens (including phenoxy) is 1. The predicted octanol–water partition coefficient (Wildman–Crippen LogP) is 1.70. The Morgan fingerprint density at radius 2 is 1.97 bits per heavy atom. The second-order valence-electron chi connectivity index (χ2n) is 7.25. The zero-order valence-electron chi connectivity index (χ0n) is 17.1. The number of aromatic nitrogens is 3. The molecule has 1 aromatic carbocycles. The lowest BCUT2D eigenvalue weighted by Gasteiger charge is -2.30. The van der Waals surface area contributed by atoms with E-state index in [0.717, 1.165) is 32.4 Å². The van der Waals surface area contributed by atoms with Crippen molar-refractivity contribution in [2.24, 2.45) is 5.92 Å². The van der Waals surface area contributed by atoms with E-state index in [1.54, 1.807) is 19.2 Å². The summed E-state index contributed by atoms with van der Waals surface area (Å²) < 4.78 is 18.1. The van der Waals surface area contributed by atoms with Gasteiger partial charge in [-0.1, -0.05) is 0 Å². The number of anilines is 3. The zero-order chi connectivity index (χ0) is 21.3. The van der Waals surface area contributed by atoms with Crippen LogP contribution in [0, 0.1) is 11.7 Å². The summed E-state index contributed by atoms with van der Waals surface area (Å²) in [5.41, 5.74) is 6.49. The van der Waals surface area contributed by atoms with Crippen LogP contribution in [0.25, 0.3) is 0 Å². The Morgan fingerprint density at radius 1 is 1.23 bits per heavy atom. The number of nitrogens with two attached hydrogens (primary N) is 1. The highest BCUT2D eigenvalue weighted by atomic mass is 19.1. The van der Waals surface area contributed by atoms with Crippen LogP contribution in [0.1, 0.15) is 25.1 Å². The van der Waals surface area contributed by atoms with Crippen LogP contribution in [0.3, 0.4) is 0 Å². The zero-order valence-corrected chi connectivity index (χ0v) is 17.1. The van der Waals surface area contributed by atoms with E-state index in [1.807, 2.05) is 0 Å². The molecular weight excluding hydrogens is 389 g/mol. The van der Waals surface area contributed by atoms with Gasteiger partial charge in [0.05, 0.1) is 6.54 Å². The van der Waals surface area contributed by atoms with Crippen LogP contribution in [0.4, 0.5) is 22.0 Å². The predicted molar refractivity (Wildman–Crippen MR) is 111 cm³/mol. The summed E-state index contributed by atoms with van der Waals surface area (Å²) in [4.78, 5) is 27.2. The van der Waals surface area contributed by atoms with Gasteiger partial charge in [-0.2, -0.15) is 15.0 Å². The summed E-state index contributed by atoms with van der Waals surface area (Å²) in [5, 5.41) is 5.99. The van der Waals surface area contributed by atoms with Crippen LogP contribution in [-0.4, -0.2) is 59.1 Å². The molecule has 2 heterocycles. The molecule has 0 bridgehead atoms. The molecule has 162 valence electrons. The molecule has 1 aliphatic heterocycles. The van der Waals surface area contributed by atoms with Gasteiger partial charge in [0.1, 0.15) is 11.6 Å². The number of carbonyl (C=O) groups is 1. The first-order chi connectivity index (χ1) is 14.5. The lowest BCUT2D eigenvalue weighted by atomic mass is 9.96. The summed E-state index contributed by atoms with van der Waals surface area (Å²) in [6, 6.07) is 5.90. The van der Waals surface area contributed by atoms with Crippen molar-refractivity contribution in [2.45, 2.75) is 25.8 Å². The molecule has 0 spiro atoms. The number of nitrogen functional groups attached to an aromatic ring is 1. The first kappa shape index (κ1) is 21.8. The van der Waals surface area contributed by atoms with Gasteiger partial charge in [0, 0.05) is 31.9 Å². The Hall–Kier alpha value is -2.85. The van der Waals surface area contributed by atoms with E-state index >= 15 is 0 Å². The molecule has 9 nitrogen and oxygen atoms in total. The molecule has 10 heteroatoms. The second-order valence-corrected chi connectivity index (χ2v) is 7.25. The topological polar surface area (TPSA) is 118 Å². The highest BCUT2D eigenvalue weighted by Crippen LogP contribution is 2.19. The maximum Gasteiger partial charge on any atom is 0.232 e. The van der Waals surface area contributed by atoms with Crippen molar-refractivity contribution in [3.8, 4) is 0 Å². The van der Waals surface area contributed by atoms with Crippen LogP contribution < -0.4 is 16.4 Å². The van der Waals surface area contributed by atoms with E-state index in [2.05, 4.69) is 30.5 Å². The van der Waals surface area contributed by atoms with E-state index < -0.39 is 0 Å². The number of nitrogens with one attached hydrogen (secondary N) is 2. The maximum atomic E-state index is 13.1. The molecule has 0 saturated carbocycles. The van der Waals surface area contributed by atoms with Crippen molar-refractivity contribution in [1.29, 1.82) is 0 Å². The fraction of sp³-hybridized carbons (Fsp3) is 0.500. The third kappa shape index (κ3) is 6.60. The third-order valence-electron chi connectivity index (χ3n) is 4.95. The van der Waals surface area contributed by atoms with Gasteiger partial charge >= 0.3 is 0 Å². The minimum Gasteiger partial charge on any atom is -0.385 e. The molecule has 1 amide bonds. The number of likely N-dealkylation sites (tertiary alicyclic amines) is 1. The summed E-state index contributed by atoms with van der Waals surface area (Å²) in [7, 11) is 1.65. The molecule has 1 fully saturated rings. The SMILES string of the molecule is COCCCNC(=O)C1CCN(Cc2nc(N)nc(Nc3ccc(F)cc3)n2)CC1. The van der Waals surface area contributed by atoms with Crippen LogP contribution in [0.2, 0.25) is 0 Å². The van der Waals surface area contributed by atoms with Crippen molar-refractivity contribution in [3.05, 3.63) is 35.9 Å². The fourth-order valence-electron chi connectivity index (χ4n) is 3.35. The van der Waals surface area contributed by atoms with Crippen molar-refractivity contribution in [3.63, 3.8) is 0 Å². The molecule has 1 saturated heterocycles. The Morgan fingerprint density at radius 3 is 2.67 bits per heavy atom. The molecule has 0 radical (unpaired) electrons. The number of hydrogen-bond donors (Lipinski definition) is 3. The van der Waals surface area contributed by atoms with Gasteiger partial charge in [0.25, 0.3) is 0 Å². The van der Waals surface area contributed by atoms with Crippen LogP contribution in [0.15, 0.2) is 24.3 Å². The molecule has 30 heavy (non-hydrogen) atoms. The molecule has 1 aliphatic rings. The molecule has 2 aromatic rings. The molecule has 0 aliphatic carbocycles. The number of amides is 1. The molecule has 4 N–H and O–H groups in total. The number of piperidine rings is 1. The van der Waals surface area contributed by atoms with E-state index in [9.17, 15) is 9.18 Å². The quantitative estimate of drug-likeness (QED) is 0.528. The van der Waals surface area contributed by atoms with Gasteiger partial charge in [-0.3, -0.25) is 9.69 Å². The highest BCUT2D eigenvalue weighted by molar-refractivity contribution is 5.78. The second kappa shape index (κ2) is 10.8. The van der Waals surface area contributed by atoms with Gasteiger partial charge in [-0.25, -0.2) is 4.39 Å². The highest BCUT2D eigenvalue weighted by Gasteiger charge is 2.25. The number of hydrogen-bond acceptors (Lipinski definition) is 8. The molecular formula is C20H28FN7O2. The van der Waals surface area contributed by atoms with Crippen molar-refractivity contribution < 1.29 is 13.9 Å². The maximum absolute atomic E-state index is 13.1. The molecule has 0 atom stereocenters. The Bertz CT molecular complexity index is 826. The van der Waals surface area contributed by atoms with Gasteiger partial charge in [0.2, 0.25) is 17.8 Å². The van der Waals surface area contributed by atoms with E-state index in [4.69, 9.17) is 10.5 Å². The van der Waals surface area contributed by atoms with E-state index in [0.29, 0.717) is 37.2 Å². The van der Waals surface area contributed by atoms with Gasteiger partial charge in [-0.05, 0) is 56.6 Å². The Labute approximate surface area is 175 Å². The monoisotopic (exact) mass is 417 g/mol. The first-order valence-corrected chi connectivity index (χ1v) is 10.1. The standard InChI is InChI=1S/C20H28FN7O2/c1-30-12-2-9-23-18(29)14-7-10-28(11-8-14)13-17-25-19(22)27-20(26-17)24-16-5-3-15(21)4-6-16/h3-6,14H,2,7-13H2,1H3,(H,23,29)(H3,22,24,25,26,27). The molecule has 3 rings (SSSR count).